The SMILES string of the molecule is C.C.COC(C)C[N+](C)(C)CC(C)(C)C. The van der Waals surface area contributed by atoms with Crippen LogP contribution in [-0.2, 0) is 4.74 Å². The fourth-order valence-electron chi connectivity index (χ4n) is 2.12. The minimum absolute atomic E-state index is 0. The first-order chi connectivity index (χ1) is 5.66. The third-order valence-corrected chi connectivity index (χ3v) is 2.06. The largest absolute Gasteiger partial charge is 0.376 e. The van der Waals surface area contributed by atoms with Crippen LogP contribution in [0.4, 0.5) is 0 Å². The van der Waals surface area contributed by atoms with Gasteiger partial charge in [-0.3, -0.25) is 0 Å². The molecule has 1 atom stereocenters. The fraction of sp³-hybridized carbons (Fsp3) is 1.00. The molecule has 1 unspecified atom stereocenters. The first-order valence-corrected chi connectivity index (χ1v) is 5.01. The molecule has 0 aliphatic heterocycles. The van der Waals surface area contributed by atoms with Gasteiger partial charge in [-0.05, 0) is 6.92 Å². The van der Waals surface area contributed by atoms with Crippen LogP contribution in [0.2, 0.25) is 0 Å². The molecule has 0 amide bonds. The summed E-state index contributed by atoms with van der Waals surface area (Å²) in [6.07, 6.45) is 0.345. The number of ether oxygens (including phenoxy) is 1. The highest BCUT2D eigenvalue weighted by molar-refractivity contribution is 4.60. The van der Waals surface area contributed by atoms with Crippen molar-refractivity contribution in [1.29, 1.82) is 0 Å². The van der Waals surface area contributed by atoms with Crippen LogP contribution >= 0.6 is 0 Å². The van der Waals surface area contributed by atoms with Gasteiger partial charge in [0.1, 0.15) is 12.6 Å². The zero-order chi connectivity index (χ0) is 10.7. The van der Waals surface area contributed by atoms with E-state index in [-0.39, 0.29) is 14.9 Å². The van der Waals surface area contributed by atoms with E-state index in [9.17, 15) is 0 Å². The molecule has 0 aromatic carbocycles. The van der Waals surface area contributed by atoms with Crippen LogP contribution in [0.15, 0.2) is 0 Å². The second kappa shape index (κ2) is 7.24. The van der Waals surface area contributed by atoms with Gasteiger partial charge in [-0.15, -0.1) is 0 Å². The first-order valence-electron chi connectivity index (χ1n) is 5.01. The van der Waals surface area contributed by atoms with Gasteiger partial charge in [-0.1, -0.05) is 35.6 Å². The minimum atomic E-state index is 0. The molecule has 0 radical (unpaired) electrons. The van der Waals surface area contributed by atoms with Crippen molar-refractivity contribution in [1.82, 2.24) is 0 Å². The predicted octanol–water partition coefficient (Wildman–Crippen LogP) is 3.42. The van der Waals surface area contributed by atoms with Crippen LogP contribution in [0, 0.1) is 5.41 Å². The second-order valence-electron chi connectivity index (χ2n) is 5.88. The molecule has 0 fully saturated rings. The fourth-order valence-corrected chi connectivity index (χ4v) is 2.12. The van der Waals surface area contributed by atoms with Crippen LogP contribution in [0.3, 0.4) is 0 Å². The molecule has 2 nitrogen and oxygen atoms in total. The molecule has 96 valence electrons. The quantitative estimate of drug-likeness (QED) is 0.660. The summed E-state index contributed by atoms with van der Waals surface area (Å²) < 4.78 is 6.31. The van der Waals surface area contributed by atoms with Gasteiger partial charge in [0.25, 0.3) is 0 Å². The zero-order valence-corrected chi connectivity index (χ0v) is 10.3. The Morgan fingerprint density at radius 3 is 1.80 bits per heavy atom. The number of rotatable bonds is 4. The Bertz CT molecular complexity index is 147. The third kappa shape index (κ3) is 11.8. The molecule has 0 heterocycles. The van der Waals surface area contributed by atoms with Crippen LogP contribution in [0.5, 0.6) is 0 Å². The molecule has 0 aromatic rings. The highest BCUT2D eigenvalue weighted by Crippen LogP contribution is 2.18. The zero-order valence-electron chi connectivity index (χ0n) is 10.3. The van der Waals surface area contributed by atoms with E-state index in [1.807, 2.05) is 0 Å². The van der Waals surface area contributed by atoms with Gasteiger partial charge in [0.2, 0.25) is 0 Å². The lowest BCUT2D eigenvalue weighted by atomic mass is 9.95. The van der Waals surface area contributed by atoms with E-state index in [1.54, 1.807) is 7.11 Å². The van der Waals surface area contributed by atoms with Gasteiger partial charge in [-0.2, -0.15) is 0 Å². The molecule has 0 saturated carbocycles. The maximum absolute atomic E-state index is 5.28. The van der Waals surface area contributed by atoms with Crippen molar-refractivity contribution in [2.24, 2.45) is 5.41 Å². The summed E-state index contributed by atoms with van der Waals surface area (Å²) >= 11 is 0. The van der Waals surface area contributed by atoms with E-state index >= 15 is 0 Å². The molecule has 0 saturated heterocycles. The molecule has 0 rings (SSSR count). The lowest BCUT2D eigenvalue weighted by molar-refractivity contribution is -0.899. The van der Waals surface area contributed by atoms with Crippen molar-refractivity contribution in [3.05, 3.63) is 0 Å². The summed E-state index contributed by atoms with van der Waals surface area (Å²) in [6, 6.07) is 0. The molecule has 0 aromatic heterocycles. The van der Waals surface area contributed by atoms with Crippen molar-refractivity contribution in [2.45, 2.75) is 48.7 Å². The van der Waals surface area contributed by atoms with E-state index < -0.39 is 0 Å². The van der Waals surface area contributed by atoms with E-state index in [1.165, 1.54) is 6.54 Å². The van der Waals surface area contributed by atoms with E-state index in [2.05, 4.69) is 41.8 Å². The molecule has 15 heavy (non-hydrogen) atoms. The van der Waals surface area contributed by atoms with Gasteiger partial charge in [0, 0.05) is 12.5 Å². The van der Waals surface area contributed by atoms with Crippen LogP contribution in [0.25, 0.3) is 0 Å². The van der Waals surface area contributed by atoms with Gasteiger partial charge >= 0.3 is 0 Å². The Morgan fingerprint density at radius 2 is 1.53 bits per heavy atom. The summed E-state index contributed by atoms with van der Waals surface area (Å²) in [5, 5.41) is 0. The Morgan fingerprint density at radius 1 is 1.13 bits per heavy atom. The summed E-state index contributed by atoms with van der Waals surface area (Å²) in [5.41, 5.74) is 0.386. The molecular formula is C13H34NO+. The number of hydrogen-bond acceptors (Lipinski definition) is 1. The number of hydrogen-bond donors (Lipinski definition) is 0. The van der Waals surface area contributed by atoms with Crippen molar-refractivity contribution in [3.63, 3.8) is 0 Å². The van der Waals surface area contributed by atoms with Gasteiger partial charge < -0.3 is 9.22 Å². The molecule has 0 spiro atoms. The standard InChI is InChI=1S/C11H26NO.2CH4/c1-10(13-7)8-12(5,6)9-11(2,3)4;;/h10H,8-9H2,1-7H3;2*1H4/q+1;;. The van der Waals surface area contributed by atoms with E-state index in [0.717, 1.165) is 11.0 Å². The lowest BCUT2D eigenvalue weighted by Crippen LogP contribution is -2.49. The van der Waals surface area contributed by atoms with Gasteiger partial charge in [0.05, 0.1) is 20.6 Å². The maximum Gasteiger partial charge on any atom is 0.105 e. The molecule has 0 N–H and O–H groups in total. The predicted molar refractivity (Wildman–Crippen MR) is 71.2 cm³/mol. The Balaban J connectivity index is -0.000000720. The average Bonchev–Trinajstić information content (AvgIpc) is 1.80. The van der Waals surface area contributed by atoms with Crippen molar-refractivity contribution >= 4 is 0 Å². The number of quaternary nitrogens is 1. The normalized spacial score (nSPS) is 13.8. The van der Waals surface area contributed by atoms with Crippen LogP contribution in [0.1, 0.15) is 42.5 Å². The Labute approximate surface area is 98.2 Å². The van der Waals surface area contributed by atoms with Gasteiger partial charge in [-0.25, -0.2) is 0 Å². The van der Waals surface area contributed by atoms with Crippen molar-refractivity contribution in [2.75, 3.05) is 34.3 Å². The van der Waals surface area contributed by atoms with E-state index in [0.29, 0.717) is 11.5 Å². The summed E-state index contributed by atoms with van der Waals surface area (Å²) in [6.45, 7) is 11.2. The van der Waals surface area contributed by atoms with Crippen molar-refractivity contribution < 1.29 is 9.22 Å². The number of methoxy groups -OCH3 is 1. The number of nitrogens with zero attached hydrogens (tertiary/aromatic N) is 1. The number of likely N-dealkylation sites (N-methyl/N-ethyl adjacent to an activating group) is 1. The minimum Gasteiger partial charge on any atom is -0.376 e. The second-order valence-corrected chi connectivity index (χ2v) is 5.88. The topological polar surface area (TPSA) is 9.23 Å². The first kappa shape index (κ1) is 20.3. The third-order valence-electron chi connectivity index (χ3n) is 2.06. The maximum atomic E-state index is 5.28. The molecular weight excluding hydrogens is 186 g/mol. The molecule has 0 aliphatic rings. The molecule has 2 heteroatoms. The van der Waals surface area contributed by atoms with Gasteiger partial charge in [0.15, 0.2) is 0 Å². The molecule has 0 bridgehead atoms. The summed E-state index contributed by atoms with van der Waals surface area (Å²) in [7, 11) is 6.31. The highest BCUT2D eigenvalue weighted by atomic mass is 16.5. The summed E-state index contributed by atoms with van der Waals surface area (Å²) in [4.78, 5) is 0. The van der Waals surface area contributed by atoms with Crippen LogP contribution < -0.4 is 0 Å². The Hall–Kier alpha value is -0.0800. The van der Waals surface area contributed by atoms with Crippen molar-refractivity contribution in [3.8, 4) is 0 Å². The Kier molecular flexibility index (Phi) is 9.82. The molecule has 0 aliphatic carbocycles. The average molecular weight is 220 g/mol. The van der Waals surface area contributed by atoms with Crippen LogP contribution in [-0.4, -0.2) is 44.9 Å². The lowest BCUT2D eigenvalue weighted by Gasteiger charge is -2.37. The smallest absolute Gasteiger partial charge is 0.105 e. The highest BCUT2D eigenvalue weighted by Gasteiger charge is 2.26. The van der Waals surface area contributed by atoms with E-state index in [4.69, 9.17) is 4.74 Å². The summed E-state index contributed by atoms with van der Waals surface area (Å²) in [5.74, 6) is 0. The monoisotopic (exact) mass is 220 g/mol.